The number of carboxylic acids is 1. The molecule has 47 heavy (non-hydrogen) atoms. The Morgan fingerprint density at radius 2 is 1.79 bits per heavy atom. The minimum absolute atomic E-state index is 0.0394. The molecule has 8 heteroatoms. The van der Waals surface area contributed by atoms with Crippen LogP contribution in [0.4, 0.5) is 5.82 Å². The minimum atomic E-state index is -1.19. The second-order valence-corrected chi connectivity index (χ2v) is 14.7. The molecule has 0 amide bonds. The van der Waals surface area contributed by atoms with Crippen LogP contribution in [0.15, 0.2) is 60.7 Å². The van der Waals surface area contributed by atoms with E-state index < -0.39 is 17.7 Å². The van der Waals surface area contributed by atoms with Crippen molar-refractivity contribution in [3.63, 3.8) is 0 Å². The van der Waals surface area contributed by atoms with Gasteiger partial charge in [-0.1, -0.05) is 48.9 Å². The van der Waals surface area contributed by atoms with E-state index in [4.69, 9.17) is 19.6 Å². The molecule has 2 atom stereocenters. The first kappa shape index (κ1) is 32.8. The summed E-state index contributed by atoms with van der Waals surface area (Å²) in [6.07, 6.45) is 8.35. The fourth-order valence-corrected chi connectivity index (χ4v) is 6.88. The van der Waals surface area contributed by atoms with Gasteiger partial charge in [0.25, 0.3) is 0 Å². The number of anilines is 1. The van der Waals surface area contributed by atoms with Crippen molar-refractivity contribution in [2.75, 3.05) is 18.0 Å². The zero-order valence-corrected chi connectivity index (χ0v) is 28.8. The number of ether oxygens (including phenoxy) is 2. The van der Waals surface area contributed by atoms with E-state index in [1.54, 1.807) is 0 Å². The summed E-state index contributed by atoms with van der Waals surface area (Å²) in [5, 5.41) is 15.6. The van der Waals surface area contributed by atoms with E-state index in [0.29, 0.717) is 16.9 Å². The van der Waals surface area contributed by atoms with Crippen molar-refractivity contribution in [3.8, 4) is 28.1 Å². The maximum Gasteiger partial charge on any atom is 0.337 e. The van der Waals surface area contributed by atoms with Gasteiger partial charge in [-0.2, -0.15) is 9.61 Å². The van der Waals surface area contributed by atoms with Crippen molar-refractivity contribution < 1.29 is 19.4 Å². The highest BCUT2D eigenvalue weighted by Crippen LogP contribution is 2.42. The summed E-state index contributed by atoms with van der Waals surface area (Å²) in [5.74, 6) is 0.579. The molecular formula is C39H48N4O4. The molecule has 1 saturated heterocycles. The molecular weight excluding hydrogens is 588 g/mol. The number of carboxylic acid groups (broad SMARTS) is 1. The van der Waals surface area contributed by atoms with Crippen LogP contribution >= 0.6 is 0 Å². The number of hydrogen-bond donors (Lipinski definition) is 1. The SMILES string of the molecule is Cc1ccc2c(c1)-c1cccc(c1)-c1cc3nc(C)c([C@H](OC(C)(C)C)C(=O)O)c(n3n1)N1CCC(C)(CC/C=C\C[C@H](C)O2)CC1. The van der Waals surface area contributed by atoms with Crippen LogP contribution in [0.25, 0.3) is 28.0 Å². The van der Waals surface area contributed by atoms with E-state index in [1.807, 2.05) is 44.3 Å². The fraction of sp³-hybridized carbons (Fsp3) is 0.462. The van der Waals surface area contributed by atoms with E-state index in [0.717, 1.165) is 84.7 Å². The number of nitrogens with zero attached hydrogens (tertiary/aromatic N) is 4. The molecule has 3 aliphatic rings. The molecule has 3 aliphatic heterocycles. The van der Waals surface area contributed by atoms with Crippen LogP contribution in [0.1, 0.15) is 89.6 Å². The molecule has 6 bridgehead atoms. The summed E-state index contributed by atoms with van der Waals surface area (Å²) in [4.78, 5) is 20.1. The molecule has 1 fully saturated rings. The Labute approximate surface area is 278 Å². The van der Waals surface area contributed by atoms with Gasteiger partial charge in [0.2, 0.25) is 0 Å². The monoisotopic (exact) mass is 636 g/mol. The van der Waals surface area contributed by atoms with Crippen LogP contribution in [0, 0.1) is 19.3 Å². The van der Waals surface area contributed by atoms with Gasteiger partial charge in [0.15, 0.2) is 11.8 Å². The number of aliphatic carboxylic acids is 1. The van der Waals surface area contributed by atoms with E-state index in [1.165, 1.54) is 0 Å². The van der Waals surface area contributed by atoms with Crippen LogP contribution in [0.2, 0.25) is 0 Å². The Balaban J connectivity index is 1.55. The molecule has 8 nitrogen and oxygen atoms in total. The van der Waals surface area contributed by atoms with Crippen LogP contribution in [0.3, 0.4) is 0 Å². The van der Waals surface area contributed by atoms with Crippen LogP contribution in [0.5, 0.6) is 5.75 Å². The zero-order chi connectivity index (χ0) is 33.5. The molecule has 2 aromatic heterocycles. The quantitative estimate of drug-likeness (QED) is 0.225. The molecule has 7 rings (SSSR count). The Morgan fingerprint density at radius 3 is 2.51 bits per heavy atom. The third kappa shape index (κ3) is 7.08. The molecule has 0 aliphatic carbocycles. The molecule has 5 heterocycles. The summed E-state index contributed by atoms with van der Waals surface area (Å²) in [5.41, 5.74) is 6.35. The van der Waals surface area contributed by atoms with Gasteiger partial charge in [0.1, 0.15) is 11.6 Å². The lowest BCUT2D eigenvalue weighted by molar-refractivity contribution is -0.160. The minimum Gasteiger partial charge on any atom is -0.490 e. The van der Waals surface area contributed by atoms with Gasteiger partial charge in [0.05, 0.1) is 23.0 Å². The van der Waals surface area contributed by atoms with E-state index in [-0.39, 0.29) is 11.5 Å². The first-order valence-corrected chi connectivity index (χ1v) is 16.9. The van der Waals surface area contributed by atoms with Gasteiger partial charge >= 0.3 is 5.97 Å². The van der Waals surface area contributed by atoms with Crippen molar-refractivity contribution in [3.05, 3.63) is 77.5 Å². The van der Waals surface area contributed by atoms with Crippen molar-refractivity contribution in [1.82, 2.24) is 14.6 Å². The maximum absolute atomic E-state index is 12.8. The lowest BCUT2D eigenvalue weighted by atomic mass is 9.76. The number of rotatable bonds is 3. The predicted octanol–water partition coefficient (Wildman–Crippen LogP) is 8.73. The second kappa shape index (κ2) is 12.8. The van der Waals surface area contributed by atoms with Crippen LogP contribution < -0.4 is 9.64 Å². The number of hydrogen-bond acceptors (Lipinski definition) is 6. The zero-order valence-electron chi connectivity index (χ0n) is 28.8. The summed E-state index contributed by atoms with van der Waals surface area (Å²) >= 11 is 0. The average molecular weight is 637 g/mol. The van der Waals surface area contributed by atoms with Gasteiger partial charge in [-0.05, 0) is 96.4 Å². The number of aromatic nitrogens is 3. The average Bonchev–Trinajstić information content (AvgIpc) is 3.43. The summed E-state index contributed by atoms with van der Waals surface area (Å²) in [6, 6.07) is 16.7. The second-order valence-electron chi connectivity index (χ2n) is 14.7. The van der Waals surface area contributed by atoms with Gasteiger partial charge < -0.3 is 19.5 Å². The number of fused-ring (bicyclic) bond motifs is 7. The van der Waals surface area contributed by atoms with Crippen molar-refractivity contribution in [1.29, 1.82) is 0 Å². The van der Waals surface area contributed by atoms with Gasteiger partial charge in [0, 0.05) is 42.4 Å². The van der Waals surface area contributed by atoms with Gasteiger partial charge in [-0.15, -0.1) is 0 Å². The van der Waals surface area contributed by atoms with Crippen molar-refractivity contribution in [2.45, 2.75) is 98.4 Å². The van der Waals surface area contributed by atoms with E-state index in [9.17, 15) is 9.90 Å². The van der Waals surface area contributed by atoms with Crippen molar-refractivity contribution in [2.24, 2.45) is 5.41 Å². The van der Waals surface area contributed by atoms with E-state index >= 15 is 0 Å². The summed E-state index contributed by atoms with van der Waals surface area (Å²) in [7, 11) is 0. The standard InChI is InChI=1S/C39H48N4O4/c1-25-15-16-32-30(22-25)28-13-11-14-29(23-28)31-24-33-40-27(3)34(35(37(44)45)47-38(4,5)6)36(43(33)41-31)42-20-18-39(7,19-21-42)17-10-8-9-12-26(2)46-32/h8-9,11,13-16,22-24,26,35H,10,12,17-21H2,1-7H3,(H,44,45)/b9-8-/t26-,35-/m0/s1. The molecule has 0 spiro atoms. The highest BCUT2D eigenvalue weighted by Gasteiger charge is 2.37. The highest BCUT2D eigenvalue weighted by molar-refractivity contribution is 5.80. The number of allylic oxidation sites excluding steroid dienone is 1. The third-order valence-corrected chi connectivity index (χ3v) is 9.51. The lowest BCUT2D eigenvalue weighted by Crippen LogP contribution is -2.41. The molecule has 2 aromatic carbocycles. The number of benzene rings is 2. The molecule has 248 valence electrons. The summed E-state index contributed by atoms with van der Waals surface area (Å²) < 4.78 is 14.6. The first-order valence-electron chi connectivity index (χ1n) is 16.9. The highest BCUT2D eigenvalue weighted by atomic mass is 16.5. The maximum atomic E-state index is 12.8. The molecule has 1 N–H and O–H groups in total. The van der Waals surface area contributed by atoms with Crippen LogP contribution in [-0.4, -0.2) is 50.5 Å². The molecule has 0 unspecified atom stereocenters. The number of piperidine rings is 1. The van der Waals surface area contributed by atoms with Crippen molar-refractivity contribution >= 4 is 17.4 Å². The Bertz CT molecular complexity index is 1810. The topological polar surface area (TPSA) is 89.2 Å². The fourth-order valence-electron chi connectivity index (χ4n) is 6.88. The molecule has 0 radical (unpaired) electrons. The Morgan fingerprint density at radius 1 is 1.04 bits per heavy atom. The predicted molar refractivity (Wildman–Crippen MR) is 187 cm³/mol. The van der Waals surface area contributed by atoms with E-state index in [2.05, 4.69) is 74.2 Å². The van der Waals surface area contributed by atoms with Gasteiger partial charge in [-0.25, -0.2) is 9.78 Å². The number of carbonyl (C=O) groups is 1. The number of aryl methyl sites for hydroxylation is 2. The third-order valence-electron chi connectivity index (χ3n) is 9.51. The summed E-state index contributed by atoms with van der Waals surface area (Å²) in [6.45, 7) is 15.7. The lowest BCUT2D eigenvalue weighted by Gasteiger charge is -2.41. The normalized spacial score (nSPS) is 21.7. The Hall–Kier alpha value is -4.17. The first-order chi connectivity index (χ1) is 22.3. The smallest absolute Gasteiger partial charge is 0.337 e. The molecule has 0 saturated carbocycles. The largest absolute Gasteiger partial charge is 0.490 e. The van der Waals surface area contributed by atoms with Crippen LogP contribution in [-0.2, 0) is 9.53 Å². The Kier molecular flexibility index (Phi) is 8.92. The van der Waals surface area contributed by atoms with Gasteiger partial charge in [-0.3, -0.25) is 0 Å². The molecule has 4 aromatic rings.